The summed E-state index contributed by atoms with van der Waals surface area (Å²) in [6.45, 7) is 4.54. The van der Waals surface area contributed by atoms with Crippen molar-refractivity contribution in [3.63, 3.8) is 0 Å². The summed E-state index contributed by atoms with van der Waals surface area (Å²) in [6, 6.07) is 9.15. The maximum absolute atomic E-state index is 9.95. The van der Waals surface area contributed by atoms with Crippen molar-refractivity contribution in [1.82, 2.24) is 0 Å². The molecule has 3 nitrogen and oxygen atoms in total. The van der Waals surface area contributed by atoms with Crippen LogP contribution >= 0.6 is 0 Å². The fraction of sp³-hybridized carbons (Fsp3) is 0.462. The summed E-state index contributed by atoms with van der Waals surface area (Å²) in [5, 5.41) is 8.15. The van der Waals surface area contributed by atoms with Crippen LogP contribution in [0.25, 0.3) is 0 Å². The fourth-order valence-corrected chi connectivity index (χ4v) is 1.07. The maximum Gasteiger partial charge on any atom is 0.506 e. The smallest absolute Gasteiger partial charge is 0.450 e. The lowest BCUT2D eigenvalue weighted by Gasteiger charge is -1.98. The molecule has 1 rings (SSSR count). The van der Waals surface area contributed by atoms with Crippen LogP contribution in [0.3, 0.4) is 0 Å². The second-order valence-corrected chi connectivity index (χ2v) is 3.39. The first-order valence-corrected chi connectivity index (χ1v) is 5.60. The van der Waals surface area contributed by atoms with E-state index < -0.39 is 6.16 Å². The van der Waals surface area contributed by atoms with Crippen LogP contribution in [0.5, 0.6) is 0 Å². The molecule has 1 aromatic carbocycles. The number of hydrogen-bond donors (Lipinski definition) is 1. The number of carboxylic acid groups (broad SMARTS) is 1. The van der Waals surface area contributed by atoms with E-state index in [1.165, 1.54) is 19.3 Å². The van der Waals surface area contributed by atoms with Gasteiger partial charge in [0.25, 0.3) is 0 Å². The van der Waals surface area contributed by atoms with Crippen molar-refractivity contribution < 1.29 is 14.6 Å². The highest BCUT2D eigenvalue weighted by Gasteiger charge is 1.95. The largest absolute Gasteiger partial charge is 0.506 e. The SMILES string of the molecule is CCCCC.O=C(O)OCc1ccccc1. The van der Waals surface area contributed by atoms with Crippen LogP contribution in [0.2, 0.25) is 0 Å². The molecule has 16 heavy (non-hydrogen) atoms. The average molecular weight is 224 g/mol. The number of hydrogen-bond acceptors (Lipinski definition) is 2. The van der Waals surface area contributed by atoms with E-state index in [-0.39, 0.29) is 6.61 Å². The van der Waals surface area contributed by atoms with E-state index in [9.17, 15) is 4.79 Å². The van der Waals surface area contributed by atoms with E-state index in [1.54, 1.807) is 0 Å². The van der Waals surface area contributed by atoms with Crippen molar-refractivity contribution in [2.24, 2.45) is 0 Å². The summed E-state index contributed by atoms with van der Waals surface area (Å²) >= 11 is 0. The van der Waals surface area contributed by atoms with E-state index in [0.29, 0.717) is 0 Å². The van der Waals surface area contributed by atoms with Crippen LogP contribution in [0.4, 0.5) is 4.79 Å². The van der Waals surface area contributed by atoms with Gasteiger partial charge in [-0.25, -0.2) is 4.79 Å². The zero-order valence-electron chi connectivity index (χ0n) is 9.98. The zero-order valence-corrected chi connectivity index (χ0v) is 9.98. The molecular weight excluding hydrogens is 204 g/mol. The molecule has 0 aliphatic heterocycles. The fourth-order valence-electron chi connectivity index (χ4n) is 1.07. The van der Waals surface area contributed by atoms with E-state index in [1.807, 2.05) is 30.3 Å². The molecular formula is C13H20O3. The summed E-state index contributed by atoms with van der Waals surface area (Å²) in [6.07, 6.45) is 2.83. The first-order valence-electron chi connectivity index (χ1n) is 5.60. The third-order valence-corrected chi connectivity index (χ3v) is 1.91. The Morgan fingerprint density at radius 1 is 1.19 bits per heavy atom. The predicted octanol–water partition coefficient (Wildman–Crippen LogP) is 4.08. The van der Waals surface area contributed by atoms with Gasteiger partial charge in [0.05, 0.1) is 0 Å². The molecule has 0 amide bonds. The highest BCUT2D eigenvalue weighted by Crippen LogP contribution is 1.99. The Kier molecular flexibility index (Phi) is 9.08. The van der Waals surface area contributed by atoms with Gasteiger partial charge in [0.15, 0.2) is 0 Å². The van der Waals surface area contributed by atoms with Gasteiger partial charge in [-0.15, -0.1) is 0 Å². The van der Waals surface area contributed by atoms with Gasteiger partial charge in [-0.05, 0) is 5.56 Å². The molecule has 0 fully saturated rings. The van der Waals surface area contributed by atoms with Gasteiger partial charge in [-0.1, -0.05) is 63.4 Å². The van der Waals surface area contributed by atoms with E-state index in [0.717, 1.165) is 5.56 Å². The Hall–Kier alpha value is -1.51. The third-order valence-electron chi connectivity index (χ3n) is 1.91. The summed E-state index contributed by atoms with van der Waals surface area (Å²) in [7, 11) is 0. The van der Waals surface area contributed by atoms with Crippen molar-refractivity contribution in [3.8, 4) is 0 Å². The van der Waals surface area contributed by atoms with Gasteiger partial charge in [0, 0.05) is 0 Å². The normalized spacial score (nSPS) is 8.88. The second-order valence-electron chi connectivity index (χ2n) is 3.39. The molecule has 1 N–H and O–H groups in total. The Morgan fingerprint density at radius 3 is 2.12 bits per heavy atom. The van der Waals surface area contributed by atoms with Crippen molar-refractivity contribution in [3.05, 3.63) is 35.9 Å². The summed E-state index contributed by atoms with van der Waals surface area (Å²) in [5.74, 6) is 0. The molecule has 0 saturated carbocycles. The van der Waals surface area contributed by atoms with Crippen LogP contribution in [-0.4, -0.2) is 11.3 Å². The molecule has 0 aromatic heterocycles. The number of unbranched alkanes of at least 4 members (excludes halogenated alkanes) is 2. The molecule has 0 unspecified atom stereocenters. The quantitative estimate of drug-likeness (QED) is 0.784. The van der Waals surface area contributed by atoms with E-state index >= 15 is 0 Å². The van der Waals surface area contributed by atoms with E-state index in [4.69, 9.17) is 5.11 Å². The minimum absolute atomic E-state index is 0.121. The van der Waals surface area contributed by atoms with Crippen LogP contribution in [0.1, 0.15) is 38.7 Å². The molecule has 0 aliphatic carbocycles. The topological polar surface area (TPSA) is 46.5 Å². The second kappa shape index (κ2) is 10.0. The van der Waals surface area contributed by atoms with Crippen molar-refractivity contribution in [2.75, 3.05) is 0 Å². The average Bonchev–Trinajstić information content (AvgIpc) is 2.30. The Labute approximate surface area is 97.1 Å². The zero-order chi connectivity index (χ0) is 12.2. The minimum atomic E-state index is -1.24. The molecule has 0 saturated heterocycles. The molecule has 0 bridgehead atoms. The highest BCUT2D eigenvalue weighted by atomic mass is 16.7. The molecule has 0 heterocycles. The number of benzene rings is 1. The standard InChI is InChI=1S/C8H8O3.C5H12/c9-8(10)11-6-7-4-2-1-3-5-7;1-3-5-4-2/h1-5H,6H2,(H,9,10);3-5H2,1-2H3. The lowest BCUT2D eigenvalue weighted by atomic mass is 10.2. The number of carbonyl (C=O) groups is 1. The molecule has 0 atom stereocenters. The Morgan fingerprint density at radius 2 is 1.75 bits per heavy atom. The first-order chi connectivity index (χ1) is 7.70. The van der Waals surface area contributed by atoms with Gasteiger partial charge in [0.1, 0.15) is 6.61 Å². The molecule has 0 radical (unpaired) electrons. The van der Waals surface area contributed by atoms with Crippen LogP contribution in [0, 0.1) is 0 Å². The highest BCUT2D eigenvalue weighted by molar-refractivity contribution is 5.56. The molecule has 3 heteroatoms. The monoisotopic (exact) mass is 224 g/mol. The lowest BCUT2D eigenvalue weighted by Crippen LogP contribution is -1.99. The van der Waals surface area contributed by atoms with Gasteiger partial charge in [-0.3, -0.25) is 0 Å². The summed E-state index contributed by atoms with van der Waals surface area (Å²) in [4.78, 5) is 9.95. The van der Waals surface area contributed by atoms with Gasteiger partial charge < -0.3 is 9.84 Å². The van der Waals surface area contributed by atoms with Crippen LogP contribution in [0.15, 0.2) is 30.3 Å². The third kappa shape index (κ3) is 9.06. The van der Waals surface area contributed by atoms with Crippen molar-refractivity contribution >= 4 is 6.16 Å². The van der Waals surface area contributed by atoms with E-state index in [2.05, 4.69) is 18.6 Å². The summed E-state index contributed by atoms with van der Waals surface area (Å²) in [5.41, 5.74) is 0.856. The Balaban J connectivity index is 0.000000385. The lowest BCUT2D eigenvalue weighted by molar-refractivity contribution is 0.0854. The van der Waals surface area contributed by atoms with Gasteiger partial charge in [0.2, 0.25) is 0 Å². The minimum Gasteiger partial charge on any atom is -0.450 e. The summed E-state index contributed by atoms with van der Waals surface area (Å²) < 4.78 is 4.34. The van der Waals surface area contributed by atoms with Crippen molar-refractivity contribution in [1.29, 1.82) is 0 Å². The van der Waals surface area contributed by atoms with Crippen LogP contribution in [-0.2, 0) is 11.3 Å². The van der Waals surface area contributed by atoms with Gasteiger partial charge in [-0.2, -0.15) is 0 Å². The number of rotatable bonds is 4. The molecule has 1 aromatic rings. The number of ether oxygens (including phenoxy) is 1. The maximum atomic E-state index is 9.95. The van der Waals surface area contributed by atoms with Gasteiger partial charge >= 0.3 is 6.16 Å². The molecule has 0 aliphatic rings. The predicted molar refractivity (Wildman–Crippen MR) is 64.5 cm³/mol. The Bertz CT molecular complexity index is 268. The molecule has 0 spiro atoms. The first kappa shape index (κ1) is 14.5. The van der Waals surface area contributed by atoms with Crippen molar-refractivity contribution in [2.45, 2.75) is 39.7 Å². The van der Waals surface area contributed by atoms with Crippen LogP contribution < -0.4 is 0 Å². The molecule has 90 valence electrons.